The van der Waals surface area contributed by atoms with Gasteiger partial charge >= 0.3 is 0 Å². The number of hydrogen-bond acceptors (Lipinski definition) is 13. The van der Waals surface area contributed by atoms with Gasteiger partial charge in [-0.1, -0.05) is 75.3 Å². The highest BCUT2D eigenvalue weighted by molar-refractivity contribution is 7.86. The predicted molar refractivity (Wildman–Crippen MR) is 215 cm³/mol. The molecule has 0 aliphatic heterocycles. The van der Waals surface area contributed by atoms with Crippen molar-refractivity contribution in [1.82, 2.24) is 0 Å². The van der Waals surface area contributed by atoms with E-state index in [1.807, 2.05) is 19.1 Å². The van der Waals surface area contributed by atoms with Crippen LogP contribution in [0.5, 0.6) is 5.75 Å². The van der Waals surface area contributed by atoms with E-state index in [1.54, 1.807) is 12.1 Å². The molecule has 2 rings (SSSR count). The van der Waals surface area contributed by atoms with Gasteiger partial charge in [0.15, 0.2) is 0 Å². The van der Waals surface area contributed by atoms with Gasteiger partial charge in [0, 0.05) is 0 Å². The van der Waals surface area contributed by atoms with E-state index < -0.39 is 10.1 Å². The Kier molecular flexibility index (Phi) is 32.0. The Hall–Kier alpha value is -2.21. The van der Waals surface area contributed by atoms with Crippen LogP contribution in [0.1, 0.15) is 63.0 Å². The summed E-state index contributed by atoms with van der Waals surface area (Å²) < 4.78 is 84.4. The van der Waals surface area contributed by atoms with Crippen molar-refractivity contribution in [1.29, 1.82) is 0 Å². The molecule has 0 fully saturated rings. The molecule has 0 heterocycles. The molecule has 0 saturated carbocycles. The number of ether oxygens (including phenoxy) is 10. The SMILES string of the molecule is CCCCCCCCCc1ccc(OCCOCCOCCOCCOCCOCCOCCOCCOCCOCCOS(=O)(=O)c2ccc(C)cc2)cc1. The summed E-state index contributed by atoms with van der Waals surface area (Å²) in [6.45, 7) is 12.7. The first kappa shape index (κ1) is 49.9. The summed E-state index contributed by atoms with van der Waals surface area (Å²) in [5.74, 6) is 0.879. The zero-order valence-corrected chi connectivity index (χ0v) is 34.9. The Morgan fingerprint density at radius 1 is 0.411 bits per heavy atom. The molecule has 0 unspecified atom stereocenters. The lowest BCUT2D eigenvalue weighted by Crippen LogP contribution is -2.16. The first-order valence-corrected chi connectivity index (χ1v) is 21.8. The summed E-state index contributed by atoms with van der Waals surface area (Å²) in [5.41, 5.74) is 2.35. The molecule has 56 heavy (non-hydrogen) atoms. The van der Waals surface area contributed by atoms with Crippen LogP contribution >= 0.6 is 0 Å². The first-order chi connectivity index (χ1) is 27.5. The van der Waals surface area contributed by atoms with Crippen molar-refractivity contribution >= 4 is 10.1 Å². The third-order valence-electron chi connectivity index (χ3n) is 8.24. The number of rotatable bonds is 41. The van der Waals surface area contributed by atoms with E-state index in [2.05, 4.69) is 19.1 Å². The number of aryl methyl sites for hydroxylation is 2. The molecule has 0 aliphatic rings. The van der Waals surface area contributed by atoms with Crippen molar-refractivity contribution < 1.29 is 60.0 Å². The molecule has 0 spiro atoms. The minimum absolute atomic E-state index is 0.0590. The lowest BCUT2D eigenvalue weighted by molar-refractivity contribution is -0.0257. The largest absolute Gasteiger partial charge is 0.491 e. The zero-order chi connectivity index (χ0) is 40.0. The standard InChI is InChI=1S/C42H70O13S/c1-3-4-5-6-7-8-9-10-40-13-15-41(16-14-40)54-37-35-52-33-31-50-29-27-48-25-23-46-21-19-45-20-22-47-24-26-49-28-30-51-32-34-53-36-38-55-56(43,44)42-17-11-39(2)12-18-42/h11-18H,3-10,19-38H2,1-2H3. The van der Waals surface area contributed by atoms with Crippen molar-refractivity contribution in [2.75, 3.05) is 132 Å². The van der Waals surface area contributed by atoms with Crippen molar-refractivity contribution in [3.8, 4) is 5.75 Å². The third-order valence-corrected chi connectivity index (χ3v) is 9.57. The second-order valence-electron chi connectivity index (χ2n) is 13.0. The van der Waals surface area contributed by atoms with Crippen molar-refractivity contribution in [2.45, 2.75) is 70.1 Å². The fraction of sp³-hybridized carbons (Fsp3) is 0.714. The maximum atomic E-state index is 12.1. The van der Waals surface area contributed by atoms with E-state index in [9.17, 15) is 8.42 Å². The zero-order valence-electron chi connectivity index (χ0n) is 34.1. The molecule has 0 radical (unpaired) electrons. The Morgan fingerprint density at radius 2 is 0.768 bits per heavy atom. The molecule has 14 heteroatoms. The molecule has 0 atom stereocenters. The second kappa shape index (κ2) is 35.9. The van der Waals surface area contributed by atoms with Crippen LogP contribution in [-0.2, 0) is 63.4 Å². The van der Waals surface area contributed by atoms with Gasteiger partial charge in [0.1, 0.15) is 12.4 Å². The quantitative estimate of drug-likeness (QED) is 0.0556. The van der Waals surface area contributed by atoms with Crippen LogP contribution in [0.25, 0.3) is 0 Å². The fourth-order valence-electron chi connectivity index (χ4n) is 5.09. The van der Waals surface area contributed by atoms with Crippen LogP contribution < -0.4 is 4.74 Å². The average Bonchev–Trinajstić information content (AvgIpc) is 3.20. The monoisotopic (exact) mass is 814 g/mol. The van der Waals surface area contributed by atoms with Gasteiger partial charge in [-0.3, -0.25) is 4.18 Å². The van der Waals surface area contributed by atoms with E-state index in [-0.39, 0.29) is 18.1 Å². The Morgan fingerprint density at radius 3 is 1.18 bits per heavy atom. The Bertz CT molecular complexity index is 1250. The van der Waals surface area contributed by atoms with E-state index >= 15 is 0 Å². The molecular formula is C42H70O13S. The van der Waals surface area contributed by atoms with E-state index in [0.29, 0.717) is 119 Å². The molecule has 13 nitrogen and oxygen atoms in total. The van der Waals surface area contributed by atoms with Crippen molar-refractivity contribution in [3.05, 3.63) is 59.7 Å². The smallest absolute Gasteiger partial charge is 0.297 e. The van der Waals surface area contributed by atoms with Crippen LogP contribution in [0.3, 0.4) is 0 Å². The van der Waals surface area contributed by atoms with Crippen LogP contribution in [0, 0.1) is 6.92 Å². The fourth-order valence-corrected chi connectivity index (χ4v) is 5.99. The minimum atomic E-state index is -3.78. The van der Waals surface area contributed by atoms with Gasteiger partial charge in [-0.15, -0.1) is 0 Å². The van der Waals surface area contributed by atoms with Gasteiger partial charge < -0.3 is 47.4 Å². The molecule has 0 amide bonds. The molecular weight excluding hydrogens is 745 g/mol. The summed E-state index contributed by atoms with van der Waals surface area (Å²) in [5, 5.41) is 0. The molecule has 0 aromatic heterocycles. The summed E-state index contributed by atoms with van der Waals surface area (Å²) in [4.78, 5) is 0.129. The van der Waals surface area contributed by atoms with Crippen LogP contribution in [0.4, 0.5) is 0 Å². The summed E-state index contributed by atoms with van der Waals surface area (Å²) in [6, 6.07) is 14.9. The Balaban J connectivity index is 1.20. The minimum Gasteiger partial charge on any atom is -0.491 e. The highest BCUT2D eigenvalue weighted by Crippen LogP contribution is 2.16. The molecule has 322 valence electrons. The van der Waals surface area contributed by atoms with Crippen LogP contribution in [-0.4, -0.2) is 141 Å². The molecule has 2 aromatic rings. The molecule has 0 saturated heterocycles. The van der Waals surface area contributed by atoms with Gasteiger partial charge in [-0.25, -0.2) is 0 Å². The highest BCUT2D eigenvalue weighted by Gasteiger charge is 2.14. The predicted octanol–water partition coefficient (Wildman–Crippen LogP) is 6.22. The van der Waals surface area contributed by atoms with E-state index in [0.717, 1.165) is 17.7 Å². The first-order valence-electron chi connectivity index (χ1n) is 20.4. The maximum Gasteiger partial charge on any atom is 0.297 e. The van der Waals surface area contributed by atoms with Gasteiger partial charge in [-0.2, -0.15) is 8.42 Å². The highest BCUT2D eigenvalue weighted by atomic mass is 32.2. The second-order valence-corrected chi connectivity index (χ2v) is 14.6. The maximum absolute atomic E-state index is 12.1. The van der Waals surface area contributed by atoms with E-state index in [1.165, 1.54) is 62.6 Å². The van der Waals surface area contributed by atoms with Gasteiger partial charge in [0.25, 0.3) is 10.1 Å². The third kappa shape index (κ3) is 29.1. The van der Waals surface area contributed by atoms with E-state index in [4.69, 9.17) is 51.6 Å². The topological polar surface area (TPSA) is 136 Å². The summed E-state index contributed by atoms with van der Waals surface area (Å²) in [6.07, 6.45) is 10.5. The number of hydrogen-bond donors (Lipinski definition) is 0. The Labute approximate surface area is 337 Å². The average molecular weight is 815 g/mol. The van der Waals surface area contributed by atoms with Crippen molar-refractivity contribution in [3.63, 3.8) is 0 Å². The molecule has 2 aromatic carbocycles. The summed E-state index contributed by atoms with van der Waals surface area (Å²) >= 11 is 0. The molecule has 0 aliphatic carbocycles. The van der Waals surface area contributed by atoms with Crippen LogP contribution in [0.2, 0.25) is 0 Å². The molecule has 0 bridgehead atoms. The van der Waals surface area contributed by atoms with Gasteiger partial charge in [0.2, 0.25) is 0 Å². The molecule has 0 N–H and O–H groups in total. The van der Waals surface area contributed by atoms with Gasteiger partial charge in [0.05, 0.1) is 130 Å². The summed E-state index contributed by atoms with van der Waals surface area (Å²) in [7, 11) is -3.78. The lowest BCUT2D eigenvalue weighted by atomic mass is 10.0. The number of unbranched alkanes of at least 4 members (excludes halogenated alkanes) is 6. The van der Waals surface area contributed by atoms with Crippen LogP contribution in [0.15, 0.2) is 53.4 Å². The van der Waals surface area contributed by atoms with Gasteiger partial charge in [-0.05, 0) is 49.6 Å². The normalized spacial score (nSPS) is 11.8. The lowest BCUT2D eigenvalue weighted by Gasteiger charge is -2.09. The van der Waals surface area contributed by atoms with Crippen molar-refractivity contribution in [2.24, 2.45) is 0 Å². The number of benzene rings is 2.